The zero-order chi connectivity index (χ0) is 14.3. The maximum absolute atomic E-state index is 10.4. The van der Waals surface area contributed by atoms with Gasteiger partial charge in [0.1, 0.15) is 11.9 Å². The first-order valence-electron chi connectivity index (χ1n) is 6.76. The van der Waals surface area contributed by atoms with Crippen molar-refractivity contribution < 1.29 is 9.84 Å². The molecule has 2 unspecified atom stereocenters. The van der Waals surface area contributed by atoms with E-state index < -0.39 is 6.10 Å². The fraction of sp³-hybridized carbons (Fsp3) is 0.294. The van der Waals surface area contributed by atoms with Crippen LogP contribution in [0.4, 0.5) is 0 Å². The van der Waals surface area contributed by atoms with Crippen molar-refractivity contribution in [1.82, 2.24) is 0 Å². The molecule has 2 nitrogen and oxygen atoms in total. The van der Waals surface area contributed by atoms with Crippen molar-refractivity contribution in [2.45, 2.75) is 32.5 Å². The van der Waals surface area contributed by atoms with Crippen molar-refractivity contribution in [2.75, 3.05) is 0 Å². The van der Waals surface area contributed by atoms with Crippen LogP contribution in [0.1, 0.15) is 40.9 Å². The van der Waals surface area contributed by atoms with Gasteiger partial charge in [-0.2, -0.15) is 0 Å². The SMILES string of the molecule is Cc1ccc2c(c1)C(O)CC(c1ccc(Cl)cc1C)O2. The van der Waals surface area contributed by atoms with Crippen molar-refractivity contribution in [2.24, 2.45) is 0 Å². The van der Waals surface area contributed by atoms with Gasteiger partial charge in [-0.1, -0.05) is 29.3 Å². The van der Waals surface area contributed by atoms with Crippen molar-refractivity contribution >= 4 is 11.6 Å². The van der Waals surface area contributed by atoms with Crippen molar-refractivity contribution in [3.05, 3.63) is 63.7 Å². The second-order valence-corrected chi connectivity index (χ2v) is 5.84. The molecule has 1 heterocycles. The van der Waals surface area contributed by atoms with E-state index in [1.807, 2.05) is 50.2 Å². The lowest BCUT2D eigenvalue weighted by Gasteiger charge is -2.31. The maximum Gasteiger partial charge on any atom is 0.127 e. The highest BCUT2D eigenvalue weighted by atomic mass is 35.5. The van der Waals surface area contributed by atoms with Gasteiger partial charge in [-0.15, -0.1) is 0 Å². The van der Waals surface area contributed by atoms with Crippen LogP contribution < -0.4 is 4.74 Å². The minimum absolute atomic E-state index is 0.127. The van der Waals surface area contributed by atoms with Crippen LogP contribution in [0.5, 0.6) is 5.75 Å². The van der Waals surface area contributed by atoms with E-state index in [-0.39, 0.29) is 6.10 Å². The number of ether oxygens (including phenoxy) is 1. The number of halogens is 1. The summed E-state index contributed by atoms with van der Waals surface area (Å²) < 4.78 is 6.06. The van der Waals surface area contributed by atoms with Crippen LogP contribution >= 0.6 is 11.6 Å². The fourth-order valence-electron chi connectivity index (χ4n) is 2.76. The number of aliphatic hydroxyl groups is 1. The Morgan fingerprint density at radius 1 is 1.10 bits per heavy atom. The summed E-state index contributed by atoms with van der Waals surface area (Å²) in [4.78, 5) is 0. The van der Waals surface area contributed by atoms with Crippen molar-refractivity contribution in [3.8, 4) is 5.75 Å². The zero-order valence-electron chi connectivity index (χ0n) is 11.6. The molecule has 0 fully saturated rings. The Kier molecular flexibility index (Phi) is 3.45. The summed E-state index contributed by atoms with van der Waals surface area (Å²) in [5.74, 6) is 0.772. The minimum atomic E-state index is -0.487. The van der Waals surface area contributed by atoms with Gasteiger partial charge in [0.25, 0.3) is 0 Å². The van der Waals surface area contributed by atoms with E-state index in [2.05, 4.69) is 0 Å². The van der Waals surface area contributed by atoms with Gasteiger partial charge in [0.2, 0.25) is 0 Å². The van der Waals surface area contributed by atoms with E-state index in [9.17, 15) is 5.11 Å². The molecule has 0 saturated heterocycles. The highest BCUT2D eigenvalue weighted by Gasteiger charge is 2.28. The number of fused-ring (bicyclic) bond motifs is 1. The quantitative estimate of drug-likeness (QED) is 0.836. The number of rotatable bonds is 1. The zero-order valence-corrected chi connectivity index (χ0v) is 12.3. The fourth-order valence-corrected chi connectivity index (χ4v) is 2.98. The lowest BCUT2D eigenvalue weighted by atomic mass is 9.92. The van der Waals surface area contributed by atoms with Crippen molar-refractivity contribution in [1.29, 1.82) is 0 Å². The summed E-state index contributed by atoms with van der Waals surface area (Å²) >= 11 is 5.99. The van der Waals surface area contributed by atoms with Crippen LogP contribution in [0, 0.1) is 13.8 Å². The number of hydrogen-bond acceptors (Lipinski definition) is 2. The summed E-state index contributed by atoms with van der Waals surface area (Å²) in [6.07, 6.45) is -0.0463. The molecule has 0 amide bonds. The van der Waals surface area contributed by atoms with Gasteiger partial charge in [-0.3, -0.25) is 0 Å². The molecule has 2 aromatic rings. The summed E-state index contributed by atoms with van der Waals surface area (Å²) in [6, 6.07) is 11.7. The lowest BCUT2D eigenvalue weighted by molar-refractivity contribution is 0.0654. The molecule has 20 heavy (non-hydrogen) atoms. The third-order valence-corrected chi connectivity index (χ3v) is 4.04. The molecule has 3 heteroatoms. The smallest absolute Gasteiger partial charge is 0.127 e. The summed E-state index contributed by atoms with van der Waals surface area (Å²) in [5.41, 5.74) is 4.19. The van der Waals surface area contributed by atoms with Crippen molar-refractivity contribution in [3.63, 3.8) is 0 Å². The first kappa shape index (κ1) is 13.5. The van der Waals surface area contributed by atoms with Gasteiger partial charge in [0.05, 0.1) is 6.10 Å². The Morgan fingerprint density at radius 2 is 1.90 bits per heavy atom. The lowest BCUT2D eigenvalue weighted by Crippen LogP contribution is -2.19. The van der Waals surface area contributed by atoms with Crippen LogP contribution in [0.15, 0.2) is 36.4 Å². The van der Waals surface area contributed by atoms with Gasteiger partial charge in [-0.05, 0) is 49.2 Å². The van der Waals surface area contributed by atoms with E-state index in [1.54, 1.807) is 0 Å². The molecule has 2 atom stereocenters. The predicted octanol–water partition coefficient (Wildman–Crippen LogP) is 4.51. The van der Waals surface area contributed by atoms with E-state index in [1.165, 1.54) is 0 Å². The second-order valence-electron chi connectivity index (χ2n) is 5.40. The van der Waals surface area contributed by atoms with E-state index in [4.69, 9.17) is 16.3 Å². The summed E-state index contributed by atoms with van der Waals surface area (Å²) in [5, 5.41) is 11.1. The topological polar surface area (TPSA) is 29.5 Å². The van der Waals surface area contributed by atoms with Gasteiger partial charge < -0.3 is 9.84 Å². The van der Waals surface area contributed by atoms with E-state index >= 15 is 0 Å². The molecule has 104 valence electrons. The minimum Gasteiger partial charge on any atom is -0.485 e. The predicted molar refractivity (Wildman–Crippen MR) is 80.3 cm³/mol. The highest BCUT2D eigenvalue weighted by Crippen LogP contribution is 2.41. The van der Waals surface area contributed by atoms with Crippen LogP contribution in [0.2, 0.25) is 5.02 Å². The third-order valence-electron chi connectivity index (χ3n) is 3.81. The number of benzene rings is 2. The van der Waals surface area contributed by atoms with Crippen LogP contribution in [0.25, 0.3) is 0 Å². The molecule has 0 spiro atoms. The molecule has 1 aliphatic heterocycles. The summed E-state index contributed by atoms with van der Waals surface area (Å²) in [6.45, 7) is 4.03. The van der Waals surface area contributed by atoms with E-state index in [0.717, 1.165) is 33.0 Å². The Morgan fingerprint density at radius 3 is 2.65 bits per heavy atom. The first-order chi connectivity index (χ1) is 9.54. The molecule has 3 rings (SSSR count). The van der Waals surface area contributed by atoms with Gasteiger partial charge in [0.15, 0.2) is 0 Å². The maximum atomic E-state index is 10.4. The molecular weight excluding hydrogens is 272 g/mol. The van der Waals surface area contributed by atoms with Crippen LogP contribution in [-0.4, -0.2) is 5.11 Å². The molecule has 0 aliphatic carbocycles. The number of hydrogen-bond donors (Lipinski definition) is 1. The number of aryl methyl sites for hydroxylation is 2. The Balaban J connectivity index is 1.97. The molecule has 2 aromatic carbocycles. The average molecular weight is 289 g/mol. The Hall–Kier alpha value is -1.51. The highest BCUT2D eigenvalue weighted by molar-refractivity contribution is 6.30. The second kappa shape index (κ2) is 5.12. The van der Waals surface area contributed by atoms with Crippen LogP contribution in [-0.2, 0) is 0 Å². The normalized spacial score (nSPS) is 21.2. The van der Waals surface area contributed by atoms with Gasteiger partial charge in [-0.25, -0.2) is 0 Å². The standard InChI is InChI=1S/C17H17ClO2/c1-10-3-6-16-14(7-10)15(19)9-17(20-16)13-5-4-12(18)8-11(13)2/h3-8,15,17,19H,9H2,1-2H3. The largest absolute Gasteiger partial charge is 0.485 e. The Bertz CT molecular complexity index is 651. The van der Waals surface area contributed by atoms with E-state index in [0.29, 0.717) is 6.42 Å². The monoisotopic (exact) mass is 288 g/mol. The molecule has 0 aromatic heterocycles. The first-order valence-corrected chi connectivity index (χ1v) is 7.13. The molecule has 0 saturated carbocycles. The summed E-state index contributed by atoms with van der Waals surface area (Å²) in [7, 11) is 0. The molecule has 0 bridgehead atoms. The molecule has 0 radical (unpaired) electrons. The molecule has 1 aliphatic rings. The van der Waals surface area contributed by atoms with Gasteiger partial charge in [0, 0.05) is 17.0 Å². The van der Waals surface area contributed by atoms with Gasteiger partial charge >= 0.3 is 0 Å². The average Bonchev–Trinajstić information content (AvgIpc) is 2.39. The molecule has 1 N–H and O–H groups in total. The third kappa shape index (κ3) is 2.41. The van der Waals surface area contributed by atoms with Crippen LogP contribution in [0.3, 0.4) is 0 Å². The Labute approximate surface area is 124 Å². The molecular formula is C17H17ClO2. The number of aliphatic hydroxyl groups excluding tert-OH is 1.